The lowest BCUT2D eigenvalue weighted by atomic mass is 9.99. The van der Waals surface area contributed by atoms with E-state index in [4.69, 9.17) is 0 Å². The van der Waals surface area contributed by atoms with Crippen LogP contribution in [0, 0.1) is 5.92 Å². The summed E-state index contributed by atoms with van der Waals surface area (Å²) < 4.78 is 0. The van der Waals surface area contributed by atoms with Gasteiger partial charge in [0, 0.05) is 25.6 Å². The maximum absolute atomic E-state index is 12.0. The second-order valence-corrected chi connectivity index (χ2v) is 5.61. The molecule has 3 rings (SSSR count). The van der Waals surface area contributed by atoms with Crippen LogP contribution in [0.25, 0.3) is 0 Å². The fourth-order valence-corrected chi connectivity index (χ4v) is 3.10. The lowest BCUT2D eigenvalue weighted by molar-refractivity contribution is -0.138. The molecule has 3 fully saturated rings. The molecule has 2 aliphatic heterocycles. The van der Waals surface area contributed by atoms with E-state index in [9.17, 15) is 4.79 Å². The fourth-order valence-electron chi connectivity index (χ4n) is 3.10. The topological polar surface area (TPSA) is 35.6 Å². The molecular formula is C12H21N3O. The van der Waals surface area contributed by atoms with E-state index in [1.165, 1.54) is 25.7 Å². The van der Waals surface area contributed by atoms with Crippen molar-refractivity contribution in [1.29, 1.82) is 0 Å². The molecule has 16 heavy (non-hydrogen) atoms. The monoisotopic (exact) mass is 223 g/mol. The molecule has 1 amide bonds. The van der Waals surface area contributed by atoms with Gasteiger partial charge in [-0.05, 0) is 44.7 Å². The Morgan fingerprint density at radius 2 is 2.31 bits per heavy atom. The number of hydrogen-bond donors (Lipinski definition) is 1. The summed E-state index contributed by atoms with van der Waals surface area (Å²) in [5, 5.41) is 7.65. The van der Waals surface area contributed by atoms with Gasteiger partial charge in [0.05, 0.1) is 0 Å². The van der Waals surface area contributed by atoms with Crippen LogP contribution >= 0.6 is 0 Å². The van der Waals surface area contributed by atoms with Crippen molar-refractivity contribution in [2.24, 2.45) is 5.92 Å². The molecule has 1 unspecified atom stereocenters. The van der Waals surface area contributed by atoms with Gasteiger partial charge in [0.15, 0.2) is 0 Å². The summed E-state index contributed by atoms with van der Waals surface area (Å²) in [6.07, 6.45) is 5.67. The molecule has 3 aliphatic rings. The van der Waals surface area contributed by atoms with Crippen LogP contribution in [0.2, 0.25) is 0 Å². The largest absolute Gasteiger partial charge is 0.316 e. The van der Waals surface area contributed by atoms with Gasteiger partial charge >= 0.3 is 0 Å². The number of amides is 1. The third-order valence-corrected chi connectivity index (χ3v) is 4.47. The van der Waals surface area contributed by atoms with Crippen molar-refractivity contribution in [3.63, 3.8) is 0 Å². The highest BCUT2D eigenvalue weighted by Gasteiger charge is 2.56. The van der Waals surface area contributed by atoms with Crippen molar-refractivity contribution in [2.45, 2.75) is 37.6 Å². The average Bonchev–Trinajstić information content (AvgIpc) is 3.03. The van der Waals surface area contributed by atoms with Crippen molar-refractivity contribution < 1.29 is 4.79 Å². The number of hydrogen-bond acceptors (Lipinski definition) is 3. The van der Waals surface area contributed by atoms with E-state index in [0.717, 1.165) is 26.1 Å². The molecule has 0 aromatic carbocycles. The molecule has 2 saturated heterocycles. The molecule has 4 nitrogen and oxygen atoms in total. The zero-order chi connectivity index (χ0) is 11.2. The van der Waals surface area contributed by atoms with Gasteiger partial charge in [0.1, 0.15) is 0 Å². The van der Waals surface area contributed by atoms with Crippen molar-refractivity contribution in [1.82, 2.24) is 15.3 Å². The number of nitrogens with one attached hydrogen (secondary N) is 1. The number of piperidine rings is 1. The number of nitrogens with zero attached hydrogens (tertiary/aromatic N) is 2. The third-order valence-electron chi connectivity index (χ3n) is 4.47. The Bertz CT molecular complexity index is 295. The Morgan fingerprint density at radius 3 is 2.88 bits per heavy atom. The predicted molar refractivity (Wildman–Crippen MR) is 61.7 cm³/mol. The first-order valence-corrected chi connectivity index (χ1v) is 6.46. The van der Waals surface area contributed by atoms with E-state index < -0.39 is 0 Å². The molecule has 0 aromatic heterocycles. The van der Waals surface area contributed by atoms with E-state index in [0.29, 0.717) is 11.8 Å². The summed E-state index contributed by atoms with van der Waals surface area (Å²) in [6, 6.07) is 0. The van der Waals surface area contributed by atoms with Gasteiger partial charge in [-0.1, -0.05) is 0 Å². The maximum atomic E-state index is 12.0. The van der Waals surface area contributed by atoms with Gasteiger partial charge in [-0.2, -0.15) is 0 Å². The lowest BCUT2D eigenvalue weighted by Crippen LogP contribution is -2.46. The van der Waals surface area contributed by atoms with Crippen molar-refractivity contribution in [3.8, 4) is 0 Å². The second-order valence-electron chi connectivity index (χ2n) is 5.61. The summed E-state index contributed by atoms with van der Waals surface area (Å²) >= 11 is 0. The minimum atomic E-state index is 0.235. The quantitative estimate of drug-likeness (QED) is 0.744. The standard InChI is InChI=1S/C12H21N3O/c1-14-12(4-5-12)7-11(16)15(14)9-10-3-2-6-13-8-10/h10,13H,2-9H2,1H3. The van der Waals surface area contributed by atoms with Crippen LogP contribution in [0.1, 0.15) is 32.1 Å². The van der Waals surface area contributed by atoms with Crippen LogP contribution in [0.3, 0.4) is 0 Å². The highest BCUT2D eigenvalue weighted by molar-refractivity contribution is 5.80. The first-order valence-electron chi connectivity index (χ1n) is 6.46. The Balaban J connectivity index is 1.63. The fraction of sp³-hybridized carbons (Fsp3) is 0.917. The summed E-state index contributed by atoms with van der Waals surface area (Å²) in [5.41, 5.74) is 0.235. The molecule has 1 aliphatic carbocycles. The third kappa shape index (κ3) is 1.64. The summed E-state index contributed by atoms with van der Waals surface area (Å²) in [7, 11) is 2.09. The number of hydrazine groups is 1. The summed E-state index contributed by atoms with van der Waals surface area (Å²) in [4.78, 5) is 12.0. The van der Waals surface area contributed by atoms with E-state index in [2.05, 4.69) is 17.4 Å². The van der Waals surface area contributed by atoms with Crippen LogP contribution in [0.5, 0.6) is 0 Å². The number of rotatable bonds is 2. The number of carbonyl (C=O) groups excluding carboxylic acids is 1. The molecule has 1 atom stereocenters. The first-order chi connectivity index (χ1) is 7.71. The molecule has 1 spiro atoms. The zero-order valence-electron chi connectivity index (χ0n) is 10.0. The predicted octanol–water partition coefficient (Wildman–Crippen LogP) is 0.598. The maximum Gasteiger partial charge on any atom is 0.238 e. The van der Waals surface area contributed by atoms with Gasteiger partial charge < -0.3 is 5.32 Å². The Labute approximate surface area is 96.9 Å². The normalized spacial score (nSPS) is 33.7. The molecule has 90 valence electrons. The minimum Gasteiger partial charge on any atom is -0.316 e. The van der Waals surface area contributed by atoms with E-state index in [1.807, 2.05) is 5.01 Å². The highest BCUT2D eigenvalue weighted by atomic mass is 16.2. The van der Waals surface area contributed by atoms with Gasteiger partial charge in [0.25, 0.3) is 0 Å². The van der Waals surface area contributed by atoms with E-state index in [-0.39, 0.29) is 5.54 Å². The lowest BCUT2D eigenvalue weighted by Gasteiger charge is -2.33. The van der Waals surface area contributed by atoms with Gasteiger partial charge in [0.2, 0.25) is 5.91 Å². The van der Waals surface area contributed by atoms with Gasteiger partial charge in [-0.3, -0.25) is 9.80 Å². The molecule has 0 aromatic rings. The van der Waals surface area contributed by atoms with E-state index >= 15 is 0 Å². The van der Waals surface area contributed by atoms with Crippen LogP contribution in [-0.2, 0) is 4.79 Å². The Hall–Kier alpha value is -0.610. The Kier molecular flexibility index (Phi) is 2.44. The summed E-state index contributed by atoms with van der Waals surface area (Å²) in [5.74, 6) is 0.986. The van der Waals surface area contributed by atoms with Gasteiger partial charge in [-0.15, -0.1) is 0 Å². The second kappa shape index (κ2) is 3.70. The van der Waals surface area contributed by atoms with Crippen LogP contribution in [0.15, 0.2) is 0 Å². The first kappa shape index (κ1) is 10.5. The molecule has 4 heteroatoms. The van der Waals surface area contributed by atoms with E-state index in [1.54, 1.807) is 0 Å². The molecule has 2 heterocycles. The van der Waals surface area contributed by atoms with Crippen LogP contribution < -0.4 is 5.32 Å². The smallest absolute Gasteiger partial charge is 0.238 e. The van der Waals surface area contributed by atoms with Crippen molar-refractivity contribution >= 4 is 5.91 Å². The van der Waals surface area contributed by atoms with Crippen molar-refractivity contribution in [3.05, 3.63) is 0 Å². The zero-order valence-corrected chi connectivity index (χ0v) is 10.0. The number of carbonyl (C=O) groups is 1. The van der Waals surface area contributed by atoms with Crippen LogP contribution in [-0.4, -0.2) is 48.1 Å². The van der Waals surface area contributed by atoms with Crippen LogP contribution in [0.4, 0.5) is 0 Å². The summed E-state index contributed by atoms with van der Waals surface area (Å²) in [6.45, 7) is 3.14. The molecule has 0 radical (unpaired) electrons. The SMILES string of the molecule is CN1N(CC2CCCNC2)C(=O)CC12CC2. The minimum absolute atomic E-state index is 0.235. The molecular weight excluding hydrogens is 202 g/mol. The highest BCUT2D eigenvalue weighted by Crippen LogP contribution is 2.49. The molecule has 1 saturated carbocycles. The molecule has 0 bridgehead atoms. The molecule has 1 N–H and O–H groups in total. The Morgan fingerprint density at radius 1 is 1.50 bits per heavy atom. The average molecular weight is 223 g/mol. The van der Waals surface area contributed by atoms with Crippen molar-refractivity contribution in [2.75, 3.05) is 26.7 Å². The van der Waals surface area contributed by atoms with Gasteiger partial charge in [-0.25, -0.2) is 5.01 Å².